The summed E-state index contributed by atoms with van der Waals surface area (Å²) in [4.78, 5) is 4.52. The molecule has 5 aromatic rings. The van der Waals surface area contributed by atoms with Gasteiger partial charge in [-0.1, -0.05) is 83.9 Å². The lowest BCUT2D eigenvalue weighted by Crippen LogP contribution is -2.38. The van der Waals surface area contributed by atoms with Crippen molar-refractivity contribution in [1.82, 2.24) is 20.4 Å². The lowest BCUT2D eigenvalue weighted by Gasteiger charge is -2.33. The first-order chi connectivity index (χ1) is 18.9. The fourth-order valence-corrected chi connectivity index (χ4v) is 5.61. The molecule has 0 amide bonds. The van der Waals surface area contributed by atoms with Crippen molar-refractivity contribution >= 4 is 53.3 Å². The molecule has 0 aliphatic rings. The van der Waals surface area contributed by atoms with Crippen LogP contribution in [0.15, 0.2) is 72.9 Å². The molecule has 0 aliphatic carbocycles. The molecule has 39 heavy (non-hydrogen) atoms. The third-order valence-electron chi connectivity index (χ3n) is 6.98. The second kappa shape index (κ2) is 11.0. The van der Waals surface area contributed by atoms with Gasteiger partial charge in [0.2, 0.25) is 0 Å². The van der Waals surface area contributed by atoms with Gasteiger partial charge in [-0.15, -0.1) is 5.10 Å². The number of halogens is 2. The second-order valence-electron chi connectivity index (χ2n) is 9.54. The van der Waals surface area contributed by atoms with E-state index >= 15 is 0 Å². The van der Waals surface area contributed by atoms with Crippen LogP contribution in [0, 0.1) is 18.3 Å². The zero-order chi connectivity index (χ0) is 27.6. The number of H-pyrrole nitrogens is 1. The van der Waals surface area contributed by atoms with Crippen LogP contribution in [-0.4, -0.2) is 28.2 Å². The minimum absolute atomic E-state index is 0.00883. The Labute approximate surface area is 238 Å². The predicted octanol–water partition coefficient (Wildman–Crippen LogP) is 6.35. The number of nitrogens with zero attached hydrogens (tertiary/aromatic N) is 4. The van der Waals surface area contributed by atoms with Gasteiger partial charge in [0, 0.05) is 22.3 Å². The van der Waals surface area contributed by atoms with Gasteiger partial charge in [0.05, 0.1) is 39.0 Å². The fraction of sp³-hybridized carbons (Fsp3) is 0.172. The first kappa shape index (κ1) is 26.5. The van der Waals surface area contributed by atoms with Crippen LogP contribution >= 0.6 is 23.2 Å². The van der Waals surface area contributed by atoms with Crippen LogP contribution in [0.2, 0.25) is 10.0 Å². The van der Waals surface area contributed by atoms with Crippen molar-refractivity contribution in [3.05, 3.63) is 111 Å². The van der Waals surface area contributed by atoms with Crippen molar-refractivity contribution in [2.75, 3.05) is 10.6 Å². The third kappa shape index (κ3) is 5.03. The molecule has 0 fully saturated rings. The molecule has 0 bridgehead atoms. The topological polar surface area (TPSA) is 102 Å². The molecule has 2 heterocycles. The summed E-state index contributed by atoms with van der Waals surface area (Å²) < 4.78 is 0. The molecular weight excluding hydrogens is 528 g/mol. The van der Waals surface area contributed by atoms with E-state index in [4.69, 9.17) is 23.2 Å². The first-order valence-corrected chi connectivity index (χ1v) is 13.4. The van der Waals surface area contributed by atoms with Crippen LogP contribution in [0.5, 0.6) is 0 Å². The Morgan fingerprint density at radius 3 is 2.49 bits per heavy atom. The van der Waals surface area contributed by atoms with E-state index in [1.807, 2.05) is 69.4 Å². The molecule has 10 heteroatoms. The molecule has 7 nitrogen and oxygen atoms in total. The molecule has 0 radical (unpaired) electrons. The highest BCUT2D eigenvalue weighted by atomic mass is 35.5. The smallest absolute Gasteiger partial charge is 0.148 e. The number of hydrogen-bond acceptors (Lipinski definition) is 6. The molecule has 194 valence electrons. The Morgan fingerprint density at radius 2 is 1.82 bits per heavy atom. The minimum Gasteiger partial charge on any atom is -0.377 e. The molecule has 0 saturated carbocycles. The SMILES string of the molecule is BC(Nc1cc(Cl)c2ncc(C#N)c(N[C@H](CC)c3ccccc3)c2c1)(c1ccccc1Cl)c1nn[nH]c1C. The van der Waals surface area contributed by atoms with E-state index in [1.54, 1.807) is 6.20 Å². The van der Waals surface area contributed by atoms with Gasteiger partial charge in [-0.2, -0.15) is 5.26 Å². The summed E-state index contributed by atoms with van der Waals surface area (Å²) in [6.07, 6.45) is 2.38. The molecule has 3 aromatic carbocycles. The number of pyridine rings is 1. The van der Waals surface area contributed by atoms with Crippen molar-refractivity contribution in [3.8, 4) is 6.07 Å². The standard InChI is InChI=1S/C29H26BCl2N7/c1-3-25(18-9-5-4-6-10-18)35-26-19(15-33)16-34-27-21(26)13-20(14-24(27)32)36-29(30,28-17(2)37-39-38-28)22-11-7-8-12-23(22)31/h4-14,16,25,36H,3,30H2,1-2H3,(H,34,35)(H,37,38,39)/t25-,29?/m1/s1. The molecule has 0 saturated heterocycles. The van der Waals surface area contributed by atoms with Gasteiger partial charge in [0.15, 0.2) is 0 Å². The number of nitrogens with one attached hydrogen (secondary N) is 3. The van der Waals surface area contributed by atoms with E-state index in [-0.39, 0.29) is 6.04 Å². The van der Waals surface area contributed by atoms with Crippen LogP contribution in [0.3, 0.4) is 0 Å². The molecule has 5 rings (SSSR count). The summed E-state index contributed by atoms with van der Waals surface area (Å²) in [5.74, 6) is 0. The lowest BCUT2D eigenvalue weighted by atomic mass is 9.69. The monoisotopic (exact) mass is 553 g/mol. The van der Waals surface area contributed by atoms with Gasteiger partial charge in [-0.05, 0) is 42.7 Å². The maximum Gasteiger partial charge on any atom is 0.148 e. The number of aromatic nitrogens is 4. The summed E-state index contributed by atoms with van der Waals surface area (Å²) in [7, 11) is 2.00. The van der Waals surface area contributed by atoms with Crippen molar-refractivity contribution in [2.24, 2.45) is 0 Å². The molecule has 2 atom stereocenters. The Morgan fingerprint density at radius 1 is 1.08 bits per heavy atom. The molecule has 3 N–H and O–H groups in total. The second-order valence-corrected chi connectivity index (χ2v) is 10.4. The quantitative estimate of drug-likeness (QED) is 0.193. The number of nitriles is 1. The Balaban J connectivity index is 1.66. The number of rotatable bonds is 8. The largest absolute Gasteiger partial charge is 0.377 e. The molecular formula is C29H26BCl2N7. The minimum atomic E-state index is -0.851. The molecule has 1 unspecified atom stereocenters. The average molecular weight is 554 g/mol. The highest BCUT2D eigenvalue weighted by molar-refractivity contribution is 6.36. The summed E-state index contributed by atoms with van der Waals surface area (Å²) in [6.45, 7) is 4.02. The maximum atomic E-state index is 9.98. The van der Waals surface area contributed by atoms with E-state index in [1.165, 1.54) is 0 Å². The van der Waals surface area contributed by atoms with Gasteiger partial charge < -0.3 is 10.6 Å². The van der Waals surface area contributed by atoms with Crippen molar-refractivity contribution < 1.29 is 0 Å². The van der Waals surface area contributed by atoms with Crippen LogP contribution in [0.1, 0.15) is 47.5 Å². The van der Waals surface area contributed by atoms with Gasteiger partial charge >= 0.3 is 0 Å². The normalized spacial score (nSPS) is 13.4. The molecule has 0 spiro atoms. The maximum absolute atomic E-state index is 9.98. The van der Waals surface area contributed by atoms with E-state index in [9.17, 15) is 5.26 Å². The average Bonchev–Trinajstić information content (AvgIpc) is 3.39. The summed E-state index contributed by atoms with van der Waals surface area (Å²) >= 11 is 13.5. The number of hydrogen-bond donors (Lipinski definition) is 3. The van der Waals surface area contributed by atoms with Crippen LogP contribution < -0.4 is 10.6 Å². The number of benzene rings is 3. The molecule has 2 aromatic heterocycles. The summed E-state index contributed by atoms with van der Waals surface area (Å²) in [6, 6.07) is 23.9. The Hall–Kier alpha value is -4.06. The van der Waals surface area contributed by atoms with E-state index in [0.717, 1.165) is 28.6 Å². The highest BCUT2D eigenvalue weighted by Crippen LogP contribution is 2.39. The van der Waals surface area contributed by atoms with Crippen molar-refractivity contribution in [3.63, 3.8) is 0 Å². The number of aromatic amines is 1. The van der Waals surface area contributed by atoms with Crippen LogP contribution in [-0.2, 0) is 5.44 Å². The third-order valence-corrected chi connectivity index (χ3v) is 7.60. The Kier molecular flexibility index (Phi) is 7.47. The first-order valence-electron chi connectivity index (χ1n) is 12.6. The van der Waals surface area contributed by atoms with Gasteiger partial charge in [-0.3, -0.25) is 10.1 Å². The van der Waals surface area contributed by atoms with E-state index in [2.05, 4.69) is 56.2 Å². The summed E-state index contributed by atoms with van der Waals surface area (Å²) in [5, 5.41) is 30.3. The zero-order valence-electron chi connectivity index (χ0n) is 21.8. The molecule has 0 aliphatic heterocycles. The van der Waals surface area contributed by atoms with Gasteiger partial charge in [-0.25, -0.2) is 0 Å². The van der Waals surface area contributed by atoms with Gasteiger partial charge in [0.1, 0.15) is 19.6 Å². The number of aryl methyl sites for hydroxylation is 1. The zero-order valence-corrected chi connectivity index (χ0v) is 23.3. The predicted molar refractivity (Wildman–Crippen MR) is 160 cm³/mol. The summed E-state index contributed by atoms with van der Waals surface area (Å²) in [5.41, 5.74) is 5.04. The van der Waals surface area contributed by atoms with Crippen LogP contribution in [0.25, 0.3) is 10.9 Å². The fourth-order valence-electron chi connectivity index (χ4n) is 5.02. The lowest BCUT2D eigenvalue weighted by molar-refractivity contribution is 0.750. The Bertz CT molecular complexity index is 1680. The number of anilines is 2. The number of fused-ring (bicyclic) bond motifs is 1. The van der Waals surface area contributed by atoms with Crippen molar-refractivity contribution in [2.45, 2.75) is 31.7 Å². The van der Waals surface area contributed by atoms with E-state index < -0.39 is 5.44 Å². The highest BCUT2D eigenvalue weighted by Gasteiger charge is 2.35. The van der Waals surface area contributed by atoms with Crippen molar-refractivity contribution in [1.29, 1.82) is 5.26 Å². The van der Waals surface area contributed by atoms with Gasteiger partial charge in [0.25, 0.3) is 0 Å². The van der Waals surface area contributed by atoms with Crippen LogP contribution in [0.4, 0.5) is 11.4 Å². The van der Waals surface area contributed by atoms with E-state index in [0.29, 0.717) is 38.2 Å².